The normalized spacial score (nSPS) is 15.4. The Labute approximate surface area is 452 Å². The number of thiazole rings is 2. The lowest BCUT2D eigenvalue weighted by atomic mass is 9.95. The second-order valence-electron chi connectivity index (χ2n) is 18.0. The van der Waals surface area contributed by atoms with Crippen molar-refractivity contribution < 1.29 is 67.9 Å². The third-order valence-electron chi connectivity index (χ3n) is 10.9. The summed E-state index contributed by atoms with van der Waals surface area (Å²) in [4.78, 5) is 64.2. The maximum atomic E-state index is 12.6. The Morgan fingerprint density at radius 1 is 0.658 bits per heavy atom. The van der Waals surface area contributed by atoms with Crippen LogP contribution >= 0.6 is 35.1 Å². The summed E-state index contributed by atoms with van der Waals surface area (Å²) in [5, 5.41) is 33.2. The lowest BCUT2D eigenvalue weighted by Crippen LogP contribution is -2.61. The first-order valence-corrected chi connectivity index (χ1v) is 31.1. The van der Waals surface area contributed by atoms with Crippen LogP contribution in [0.15, 0.2) is 91.0 Å². The zero-order valence-corrected chi connectivity index (χ0v) is 46.7. The molecule has 2 fully saturated rings. The van der Waals surface area contributed by atoms with Crippen molar-refractivity contribution >= 4 is 119 Å². The fourth-order valence-corrected chi connectivity index (χ4v) is 13.2. The molecule has 0 bridgehead atoms. The number of sulfonamides is 2. The van der Waals surface area contributed by atoms with E-state index in [1.54, 1.807) is 54.3 Å². The maximum absolute atomic E-state index is 12.6. The summed E-state index contributed by atoms with van der Waals surface area (Å²) in [5.74, 6) is -2.89. The van der Waals surface area contributed by atoms with Crippen LogP contribution in [0.5, 0.6) is 0 Å². The molecule has 2 saturated heterocycles. The number of carbonyl (C=O) groups excluding carboxylic acids is 5. The minimum absolute atomic E-state index is 0. The molecule has 2 unspecified atom stereocenters. The van der Waals surface area contributed by atoms with Gasteiger partial charge in [-0.1, -0.05) is 54.6 Å². The topological polar surface area (TPSA) is 380 Å². The number of nitrogens with zero attached hydrogens (tertiary/aromatic N) is 3. The number of nitrogens with two attached hydrogens (primary N) is 2. The van der Waals surface area contributed by atoms with E-state index < -0.39 is 79.1 Å². The molecule has 0 saturated carbocycles. The molecule has 30 heteroatoms. The van der Waals surface area contributed by atoms with E-state index in [1.807, 2.05) is 55.5 Å². The van der Waals surface area contributed by atoms with Crippen LogP contribution in [0, 0.1) is 0 Å². The number of β-amino-alcohol motifs (C(OH)–C–C–N with tert-alkyl or cyclic N) is 2. The summed E-state index contributed by atoms with van der Waals surface area (Å²) in [6, 6.07) is 27.6. The Balaban J connectivity index is 0.000000284. The number of fused-ring (bicyclic) bond motifs is 2. The first kappa shape index (κ1) is 62.9. The Morgan fingerprint density at radius 2 is 1.03 bits per heavy atom. The SMILES string of the molecule is CC1(O)CN(C(=O)c2ccc(-c3ccc4nc(C(C(=O)NCCS(N)(=O)=O)S(C)(=O)=O)sc4c3)cc2)C1.CC1(O)CNC1.CS(=O)(=O)C(C(=O)NCCS(N)(=O)=O)c1nc2ccc(-c3ccccc3)cc2s1.Cl.O=C=O. The number of aliphatic hydroxyl groups is 2. The molecule has 2 aliphatic rings. The van der Waals surface area contributed by atoms with E-state index in [0.29, 0.717) is 21.3 Å². The molecule has 23 nitrogen and oxygen atoms in total. The lowest BCUT2D eigenvalue weighted by Gasteiger charge is -2.44. The first-order valence-electron chi connectivity index (χ1n) is 22.1. The molecule has 2 aromatic heterocycles. The van der Waals surface area contributed by atoms with E-state index in [1.165, 1.54) is 0 Å². The highest BCUT2D eigenvalue weighted by Crippen LogP contribution is 2.35. The predicted molar refractivity (Wildman–Crippen MR) is 290 cm³/mol. The van der Waals surface area contributed by atoms with E-state index in [0.717, 1.165) is 75.2 Å². The van der Waals surface area contributed by atoms with Gasteiger partial charge in [0.05, 0.1) is 56.2 Å². The van der Waals surface area contributed by atoms with Crippen molar-refractivity contribution in [3.8, 4) is 22.3 Å². The van der Waals surface area contributed by atoms with E-state index >= 15 is 0 Å². The van der Waals surface area contributed by atoms with E-state index in [-0.39, 0.29) is 66.3 Å². The molecule has 9 N–H and O–H groups in total. The Bertz CT molecular complexity index is 3540. The Morgan fingerprint density at radius 3 is 1.36 bits per heavy atom. The van der Waals surface area contributed by atoms with Gasteiger partial charge in [-0.2, -0.15) is 9.59 Å². The van der Waals surface area contributed by atoms with Crippen LogP contribution in [0.25, 0.3) is 42.7 Å². The number of halogens is 1. The van der Waals surface area contributed by atoms with Gasteiger partial charge >= 0.3 is 6.15 Å². The number of nitrogens with one attached hydrogen (secondary N) is 3. The standard InChI is InChI=1S/C23H26N4O7S3.C18H19N3O5S3.C4H9NO.CO2.ClH/c1-23(30)12-27(13-23)22(29)15-5-3-14(4-6-15)16-7-8-17-18(11-16)35-21(26-17)19(36(2,31)32)20(28)25-9-10-37(24,33)34;1-28(23,24)16(17(22)20-9-10-29(19,25)26)18-21-14-8-7-13(11-15(14)27-18)12-5-3-2-4-6-12;1-4(6)2-5-3-4;2-1-3;/h3-8,11,19,30H,9-10,12-13H2,1-2H3,(H,25,28)(H2,24,33,34);2-8,11,16H,9-10H2,1H3,(H,20,22)(H2,19,25,26);5-6H,2-3H2,1H3;;1H. The van der Waals surface area contributed by atoms with Crippen molar-refractivity contribution in [1.29, 1.82) is 0 Å². The van der Waals surface area contributed by atoms with Gasteiger partial charge in [-0.25, -0.2) is 53.9 Å². The Hall–Kier alpha value is -5.66. The van der Waals surface area contributed by atoms with Crippen LogP contribution in [0.3, 0.4) is 0 Å². The molecule has 4 aromatic carbocycles. The van der Waals surface area contributed by atoms with Gasteiger partial charge in [0, 0.05) is 44.3 Å². The van der Waals surface area contributed by atoms with Gasteiger partial charge in [-0.3, -0.25) is 14.4 Å². The molecular weight excluding hydrogens is 1130 g/mol. The van der Waals surface area contributed by atoms with Crippen molar-refractivity contribution in [2.45, 2.75) is 35.5 Å². The highest BCUT2D eigenvalue weighted by atomic mass is 35.5. The van der Waals surface area contributed by atoms with Gasteiger partial charge in [-0.05, 0) is 72.5 Å². The third kappa shape index (κ3) is 18.2. The van der Waals surface area contributed by atoms with Gasteiger partial charge in [0.25, 0.3) is 5.91 Å². The molecule has 0 radical (unpaired) electrons. The zero-order valence-electron chi connectivity index (χ0n) is 41.0. The number of benzene rings is 4. The van der Waals surface area contributed by atoms with Gasteiger partial charge in [-0.15, -0.1) is 35.1 Å². The molecule has 2 aliphatic heterocycles. The number of aromatic nitrogens is 2. The van der Waals surface area contributed by atoms with Crippen molar-refractivity contribution in [2.24, 2.45) is 10.3 Å². The number of hydrogen-bond donors (Lipinski definition) is 7. The van der Waals surface area contributed by atoms with Gasteiger partial charge in [0.15, 0.2) is 30.2 Å². The molecular formula is C46H55ClN8O15S6. The lowest BCUT2D eigenvalue weighted by molar-refractivity contribution is -0.191. The van der Waals surface area contributed by atoms with Crippen molar-refractivity contribution in [3.05, 3.63) is 107 Å². The first-order chi connectivity index (χ1) is 34.8. The average Bonchev–Trinajstić information content (AvgIpc) is 3.90. The molecule has 412 valence electrons. The summed E-state index contributed by atoms with van der Waals surface area (Å²) in [6.45, 7) is 4.98. The van der Waals surface area contributed by atoms with Gasteiger partial charge in [0.2, 0.25) is 31.9 Å². The van der Waals surface area contributed by atoms with Crippen molar-refractivity contribution in [2.75, 3.05) is 63.3 Å². The van der Waals surface area contributed by atoms with E-state index in [9.17, 15) is 53.2 Å². The van der Waals surface area contributed by atoms with Crippen LogP contribution in [-0.2, 0) is 58.9 Å². The van der Waals surface area contributed by atoms with Crippen LogP contribution in [0.1, 0.15) is 44.7 Å². The second kappa shape index (κ2) is 25.7. The molecule has 6 aromatic rings. The summed E-state index contributed by atoms with van der Waals surface area (Å²) in [7, 11) is -15.3. The maximum Gasteiger partial charge on any atom is 0.373 e. The summed E-state index contributed by atoms with van der Waals surface area (Å²) < 4.78 is 95.0. The molecule has 0 spiro atoms. The zero-order chi connectivity index (χ0) is 55.7. The van der Waals surface area contributed by atoms with Crippen molar-refractivity contribution in [1.82, 2.24) is 30.8 Å². The molecule has 8 rings (SSSR count). The van der Waals surface area contributed by atoms with E-state index in [2.05, 4.69) is 25.9 Å². The second-order valence-corrected chi connectivity index (χ2v) is 27.8. The minimum atomic E-state index is -3.91. The molecule has 3 amide bonds. The quantitative estimate of drug-likeness (QED) is 0.0762. The van der Waals surface area contributed by atoms with E-state index in [4.69, 9.17) is 25.0 Å². The van der Waals surface area contributed by atoms with Crippen LogP contribution in [0.4, 0.5) is 0 Å². The Kier molecular flexibility index (Phi) is 21.2. The summed E-state index contributed by atoms with van der Waals surface area (Å²) in [6.07, 6.45) is 2.11. The number of sulfone groups is 2. The highest BCUT2D eigenvalue weighted by Gasteiger charge is 2.40. The number of primary sulfonamides is 2. The number of likely N-dealkylation sites (tertiary alicyclic amines) is 1. The smallest absolute Gasteiger partial charge is 0.373 e. The molecule has 0 aliphatic carbocycles. The fourth-order valence-electron chi connectivity index (χ4n) is 7.29. The molecule has 76 heavy (non-hydrogen) atoms. The number of rotatable bonds is 15. The van der Waals surface area contributed by atoms with Crippen LogP contribution < -0.4 is 26.2 Å². The minimum Gasteiger partial charge on any atom is -0.388 e. The van der Waals surface area contributed by atoms with Crippen molar-refractivity contribution in [3.63, 3.8) is 0 Å². The highest BCUT2D eigenvalue weighted by molar-refractivity contribution is 7.92. The number of hydrogen-bond acceptors (Lipinski definition) is 20. The number of amides is 3. The third-order valence-corrected chi connectivity index (χ3v) is 17.5. The summed E-state index contributed by atoms with van der Waals surface area (Å²) >= 11 is 2.17. The largest absolute Gasteiger partial charge is 0.388 e. The number of carbonyl (C=O) groups is 3. The van der Waals surface area contributed by atoms with Gasteiger partial charge < -0.3 is 31.1 Å². The fraction of sp³-hybridized carbons (Fsp3) is 0.348. The van der Waals surface area contributed by atoms with Gasteiger partial charge in [0.1, 0.15) is 10.0 Å². The average molecular weight is 1190 g/mol. The molecule has 4 heterocycles. The molecule has 2 atom stereocenters. The predicted octanol–water partition coefficient (Wildman–Crippen LogP) is 1.29. The summed E-state index contributed by atoms with van der Waals surface area (Å²) in [5.41, 5.74) is 3.94. The van der Waals surface area contributed by atoms with Crippen LogP contribution in [-0.4, -0.2) is 157 Å². The van der Waals surface area contributed by atoms with Crippen LogP contribution in [0.2, 0.25) is 0 Å². The monoisotopic (exact) mass is 1190 g/mol.